The first kappa shape index (κ1) is 12.4. The predicted molar refractivity (Wildman–Crippen MR) is 54.7 cm³/mol. The largest absolute Gasteiger partial charge is 0.506 e. The quantitative estimate of drug-likeness (QED) is 0.611. The highest BCUT2D eigenvalue weighted by atomic mass is 32.2. The Kier molecular flexibility index (Phi) is 3.80. The van der Waals surface area contributed by atoms with E-state index in [1.165, 1.54) is 12.3 Å². The van der Waals surface area contributed by atoms with Crippen LogP contribution in [-0.2, 0) is 10.1 Å². The Morgan fingerprint density at radius 2 is 2.12 bits per heavy atom. The van der Waals surface area contributed by atoms with Gasteiger partial charge in [0.05, 0.1) is 17.5 Å². The van der Waals surface area contributed by atoms with Crippen molar-refractivity contribution >= 4 is 16.0 Å². The third-order valence-corrected chi connectivity index (χ3v) is 2.35. The number of hydrogen-bond donors (Lipinski definition) is 3. The molecule has 8 heteroatoms. The lowest BCUT2D eigenvalue weighted by Gasteiger charge is -2.03. The fourth-order valence-electron chi connectivity index (χ4n) is 0.948. The number of amides is 1. The second-order valence-corrected chi connectivity index (χ2v) is 4.55. The number of pyridine rings is 1. The minimum Gasteiger partial charge on any atom is -0.506 e. The van der Waals surface area contributed by atoms with Gasteiger partial charge in [0.15, 0.2) is 0 Å². The molecule has 3 N–H and O–H groups in total. The highest BCUT2D eigenvalue weighted by molar-refractivity contribution is 7.85. The second kappa shape index (κ2) is 4.90. The lowest BCUT2D eigenvalue weighted by Crippen LogP contribution is -2.28. The van der Waals surface area contributed by atoms with Gasteiger partial charge in [-0.3, -0.25) is 14.3 Å². The number of carbonyl (C=O) groups excluding carboxylic acids is 1. The van der Waals surface area contributed by atoms with Crippen molar-refractivity contribution < 1.29 is 22.9 Å². The molecular formula is C8H10N2O5S. The smallest absolute Gasteiger partial charge is 0.266 e. The molecule has 0 aliphatic rings. The Bertz CT molecular complexity index is 485. The van der Waals surface area contributed by atoms with E-state index in [9.17, 15) is 13.2 Å². The highest BCUT2D eigenvalue weighted by Gasteiger charge is 2.09. The van der Waals surface area contributed by atoms with Crippen LogP contribution in [0, 0.1) is 0 Å². The van der Waals surface area contributed by atoms with E-state index in [1.54, 1.807) is 0 Å². The molecule has 0 saturated carbocycles. The zero-order chi connectivity index (χ0) is 12.2. The number of nitrogens with zero attached hydrogens (tertiary/aromatic N) is 1. The molecule has 0 fully saturated rings. The van der Waals surface area contributed by atoms with Gasteiger partial charge >= 0.3 is 0 Å². The van der Waals surface area contributed by atoms with Gasteiger partial charge in [-0.2, -0.15) is 8.42 Å². The zero-order valence-corrected chi connectivity index (χ0v) is 8.94. The molecule has 0 aliphatic heterocycles. The summed E-state index contributed by atoms with van der Waals surface area (Å²) in [4.78, 5) is 14.9. The van der Waals surface area contributed by atoms with Gasteiger partial charge in [0.2, 0.25) is 0 Å². The van der Waals surface area contributed by atoms with Crippen molar-refractivity contribution in [3.63, 3.8) is 0 Å². The molecule has 7 nitrogen and oxygen atoms in total. The average molecular weight is 246 g/mol. The number of aromatic hydroxyl groups is 1. The molecule has 0 unspecified atom stereocenters. The van der Waals surface area contributed by atoms with Crippen molar-refractivity contribution in [2.75, 3.05) is 12.3 Å². The molecule has 0 aromatic carbocycles. The third-order valence-electron chi connectivity index (χ3n) is 1.63. The molecule has 0 radical (unpaired) electrons. The molecule has 0 saturated heterocycles. The lowest BCUT2D eigenvalue weighted by molar-refractivity contribution is 0.0955. The number of nitrogens with one attached hydrogen (secondary N) is 1. The van der Waals surface area contributed by atoms with E-state index >= 15 is 0 Å². The van der Waals surface area contributed by atoms with Gasteiger partial charge in [0.25, 0.3) is 16.0 Å². The third kappa shape index (κ3) is 4.24. The molecule has 1 heterocycles. The van der Waals surface area contributed by atoms with Crippen molar-refractivity contribution in [1.29, 1.82) is 0 Å². The fourth-order valence-corrected chi connectivity index (χ4v) is 1.31. The summed E-state index contributed by atoms with van der Waals surface area (Å²) in [5.41, 5.74) is 0.107. The summed E-state index contributed by atoms with van der Waals surface area (Å²) in [6.45, 7) is -0.215. The van der Waals surface area contributed by atoms with Crippen molar-refractivity contribution in [1.82, 2.24) is 10.3 Å². The Labute approximate surface area is 91.9 Å². The van der Waals surface area contributed by atoms with E-state index in [0.717, 1.165) is 6.20 Å². The van der Waals surface area contributed by atoms with E-state index in [4.69, 9.17) is 9.66 Å². The van der Waals surface area contributed by atoms with Gasteiger partial charge in [-0.15, -0.1) is 0 Å². The van der Waals surface area contributed by atoms with Gasteiger partial charge in [0.1, 0.15) is 5.75 Å². The summed E-state index contributed by atoms with van der Waals surface area (Å²) in [6, 6.07) is 1.19. The normalized spacial score (nSPS) is 11.1. The monoisotopic (exact) mass is 246 g/mol. The molecule has 16 heavy (non-hydrogen) atoms. The first-order valence-electron chi connectivity index (χ1n) is 4.26. The number of hydrogen-bond acceptors (Lipinski definition) is 5. The number of carbonyl (C=O) groups is 1. The molecular weight excluding hydrogens is 236 g/mol. The van der Waals surface area contributed by atoms with Crippen LogP contribution < -0.4 is 5.32 Å². The summed E-state index contributed by atoms with van der Waals surface area (Å²) < 4.78 is 29.1. The summed E-state index contributed by atoms with van der Waals surface area (Å²) in [5, 5.41) is 11.3. The van der Waals surface area contributed by atoms with E-state index < -0.39 is 21.8 Å². The Hall–Kier alpha value is -1.67. The maximum absolute atomic E-state index is 11.3. The van der Waals surface area contributed by atoms with Crippen molar-refractivity contribution in [2.45, 2.75) is 0 Å². The molecule has 1 amide bonds. The molecule has 0 bridgehead atoms. The van der Waals surface area contributed by atoms with E-state index in [1.807, 2.05) is 0 Å². The highest BCUT2D eigenvalue weighted by Crippen LogP contribution is 2.07. The van der Waals surface area contributed by atoms with Crippen LogP contribution in [0.15, 0.2) is 18.5 Å². The minimum absolute atomic E-state index is 0.107. The predicted octanol–water partition coefficient (Wildman–Crippen LogP) is -0.595. The van der Waals surface area contributed by atoms with Gasteiger partial charge in [-0.25, -0.2) is 0 Å². The molecule has 0 aliphatic carbocycles. The summed E-state index contributed by atoms with van der Waals surface area (Å²) in [7, 11) is -4.09. The van der Waals surface area contributed by atoms with Crippen molar-refractivity contribution in [2.24, 2.45) is 0 Å². The van der Waals surface area contributed by atoms with Crippen LogP contribution in [0.1, 0.15) is 10.4 Å². The zero-order valence-electron chi connectivity index (χ0n) is 8.12. The molecule has 1 aromatic heterocycles. The maximum Gasteiger partial charge on any atom is 0.266 e. The first-order valence-corrected chi connectivity index (χ1v) is 5.87. The van der Waals surface area contributed by atoms with Crippen LogP contribution in [-0.4, -0.2) is 41.3 Å². The van der Waals surface area contributed by atoms with Gasteiger partial charge in [-0.05, 0) is 6.07 Å². The Balaban J connectivity index is 2.54. The lowest BCUT2D eigenvalue weighted by atomic mass is 10.2. The van der Waals surface area contributed by atoms with E-state index in [-0.39, 0.29) is 17.9 Å². The van der Waals surface area contributed by atoms with Gasteiger partial charge in [-0.1, -0.05) is 0 Å². The minimum atomic E-state index is -4.09. The molecule has 1 rings (SSSR count). The second-order valence-electron chi connectivity index (χ2n) is 2.97. The summed E-state index contributed by atoms with van der Waals surface area (Å²) in [6.07, 6.45) is 2.39. The SMILES string of the molecule is O=C(NCCS(=O)(=O)O)c1cncc(O)c1. The number of rotatable bonds is 4. The van der Waals surface area contributed by atoms with Crippen LogP contribution in [0.3, 0.4) is 0 Å². The average Bonchev–Trinajstić information content (AvgIpc) is 2.15. The summed E-state index contributed by atoms with van der Waals surface area (Å²) in [5.74, 6) is -1.31. The van der Waals surface area contributed by atoms with Crippen LogP contribution in [0.5, 0.6) is 5.75 Å². The van der Waals surface area contributed by atoms with E-state index in [0.29, 0.717) is 0 Å². The van der Waals surface area contributed by atoms with Crippen LogP contribution in [0.4, 0.5) is 0 Å². The van der Waals surface area contributed by atoms with Crippen LogP contribution in [0.2, 0.25) is 0 Å². The molecule has 88 valence electrons. The molecule has 1 aromatic rings. The molecule has 0 spiro atoms. The fraction of sp³-hybridized carbons (Fsp3) is 0.250. The number of aromatic nitrogens is 1. The van der Waals surface area contributed by atoms with Crippen LogP contribution in [0.25, 0.3) is 0 Å². The van der Waals surface area contributed by atoms with Gasteiger partial charge in [0, 0.05) is 12.7 Å². The van der Waals surface area contributed by atoms with Crippen LogP contribution >= 0.6 is 0 Å². The molecule has 0 atom stereocenters. The van der Waals surface area contributed by atoms with E-state index in [2.05, 4.69) is 10.3 Å². The topological polar surface area (TPSA) is 117 Å². The Morgan fingerprint density at radius 3 is 2.69 bits per heavy atom. The standard InChI is InChI=1S/C8H10N2O5S/c11-7-3-6(4-9-5-7)8(12)10-1-2-16(13,14)15/h3-5,11H,1-2H2,(H,10,12)(H,13,14,15). The Morgan fingerprint density at radius 1 is 1.44 bits per heavy atom. The first-order chi connectivity index (χ1) is 7.38. The van der Waals surface area contributed by atoms with Crippen molar-refractivity contribution in [3.05, 3.63) is 24.0 Å². The van der Waals surface area contributed by atoms with Gasteiger partial charge < -0.3 is 10.4 Å². The van der Waals surface area contributed by atoms with Crippen molar-refractivity contribution in [3.8, 4) is 5.75 Å². The maximum atomic E-state index is 11.3. The summed E-state index contributed by atoms with van der Waals surface area (Å²) >= 11 is 0.